The number of aromatic nitrogens is 1. The highest BCUT2D eigenvalue weighted by Gasteiger charge is 2.17. The fourth-order valence-corrected chi connectivity index (χ4v) is 3.42. The predicted octanol–water partition coefficient (Wildman–Crippen LogP) is 3.27. The summed E-state index contributed by atoms with van der Waals surface area (Å²) in [4.78, 5) is 20.3. The first-order chi connectivity index (χ1) is 10.1. The lowest BCUT2D eigenvalue weighted by Crippen LogP contribution is -2.27. The zero-order valence-corrected chi connectivity index (χ0v) is 13.2. The Morgan fingerprint density at radius 3 is 2.62 bits per heavy atom. The quantitative estimate of drug-likeness (QED) is 0.796. The summed E-state index contributed by atoms with van der Waals surface area (Å²) in [6, 6.07) is 8.04. The molecule has 21 heavy (non-hydrogen) atoms. The second-order valence-electron chi connectivity index (χ2n) is 5.37. The predicted molar refractivity (Wildman–Crippen MR) is 84.9 cm³/mol. The number of para-hydroxylation sites is 1. The van der Waals surface area contributed by atoms with Gasteiger partial charge >= 0.3 is 6.03 Å². The summed E-state index contributed by atoms with van der Waals surface area (Å²) in [7, 11) is 0. The number of carbonyl (C=O) groups is 1. The van der Waals surface area contributed by atoms with E-state index in [1.165, 1.54) is 5.56 Å². The van der Waals surface area contributed by atoms with Gasteiger partial charge in [-0.25, -0.2) is 4.79 Å². The zero-order chi connectivity index (χ0) is 14.8. The van der Waals surface area contributed by atoms with Crippen molar-refractivity contribution in [3.05, 3.63) is 45.7 Å². The summed E-state index contributed by atoms with van der Waals surface area (Å²) in [5.41, 5.74) is 2.25. The van der Waals surface area contributed by atoms with Crippen molar-refractivity contribution in [2.75, 3.05) is 13.1 Å². The molecule has 1 fully saturated rings. The number of amides is 2. The molecule has 1 saturated heterocycles. The van der Waals surface area contributed by atoms with Gasteiger partial charge in [0, 0.05) is 24.2 Å². The van der Waals surface area contributed by atoms with E-state index in [1.54, 1.807) is 11.3 Å². The Kier molecular flexibility index (Phi) is 3.92. The number of thiazole rings is 1. The van der Waals surface area contributed by atoms with Gasteiger partial charge in [-0.2, -0.15) is 4.99 Å². The van der Waals surface area contributed by atoms with E-state index in [9.17, 15) is 4.79 Å². The average molecular weight is 301 g/mol. The minimum atomic E-state index is -0.114. The monoisotopic (exact) mass is 301 g/mol. The molecule has 0 spiro atoms. The van der Waals surface area contributed by atoms with E-state index in [2.05, 4.69) is 24.0 Å². The van der Waals surface area contributed by atoms with Crippen LogP contribution >= 0.6 is 11.3 Å². The molecule has 1 aromatic heterocycles. The molecular weight excluding hydrogens is 282 g/mol. The van der Waals surface area contributed by atoms with Gasteiger partial charge in [-0.1, -0.05) is 18.2 Å². The van der Waals surface area contributed by atoms with E-state index in [1.807, 2.05) is 34.7 Å². The topological polar surface area (TPSA) is 37.6 Å². The van der Waals surface area contributed by atoms with Gasteiger partial charge < -0.3 is 4.90 Å². The van der Waals surface area contributed by atoms with Gasteiger partial charge in [0.15, 0.2) is 4.80 Å². The van der Waals surface area contributed by atoms with Crippen molar-refractivity contribution >= 4 is 17.4 Å². The van der Waals surface area contributed by atoms with Crippen LogP contribution in [-0.2, 0) is 0 Å². The third-order valence-corrected chi connectivity index (χ3v) is 4.61. The maximum atomic E-state index is 12.2. The van der Waals surface area contributed by atoms with E-state index in [4.69, 9.17) is 0 Å². The zero-order valence-electron chi connectivity index (χ0n) is 12.4. The van der Waals surface area contributed by atoms with Crippen LogP contribution in [0.5, 0.6) is 0 Å². The number of urea groups is 1. The highest BCUT2D eigenvalue weighted by atomic mass is 32.1. The second kappa shape index (κ2) is 5.85. The largest absolute Gasteiger partial charge is 0.346 e. The molecule has 0 radical (unpaired) electrons. The van der Waals surface area contributed by atoms with E-state index >= 15 is 0 Å². The first-order valence-electron chi connectivity index (χ1n) is 7.24. The molecule has 1 aliphatic heterocycles. The number of aryl methyl sites for hydroxylation is 2. The van der Waals surface area contributed by atoms with Crippen LogP contribution in [0.15, 0.2) is 35.5 Å². The van der Waals surface area contributed by atoms with Gasteiger partial charge in [0.25, 0.3) is 0 Å². The van der Waals surface area contributed by atoms with Crippen LogP contribution in [0.2, 0.25) is 0 Å². The maximum Gasteiger partial charge on any atom is 0.346 e. The Morgan fingerprint density at radius 1 is 1.19 bits per heavy atom. The Bertz CT molecular complexity index is 723. The van der Waals surface area contributed by atoms with Crippen molar-refractivity contribution in [2.45, 2.75) is 26.7 Å². The van der Waals surface area contributed by atoms with Crippen LogP contribution in [0.25, 0.3) is 5.69 Å². The molecule has 4 nitrogen and oxygen atoms in total. The number of benzene rings is 1. The van der Waals surface area contributed by atoms with Gasteiger partial charge in [0.1, 0.15) is 0 Å². The summed E-state index contributed by atoms with van der Waals surface area (Å²) in [5, 5.41) is 0. The third kappa shape index (κ3) is 2.93. The lowest BCUT2D eigenvalue weighted by atomic mass is 10.2. The van der Waals surface area contributed by atoms with Crippen LogP contribution in [0.1, 0.15) is 23.3 Å². The number of rotatable bonds is 1. The molecule has 1 aromatic carbocycles. The first-order valence-corrected chi connectivity index (χ1v) is 8.05. The van der Waals surface area contributed by atoms with Crippen LogP contribution in [0.4, 0.5) is 4.79 Å². The fraction of sp³-hybridized carbons (Fsp3) is 0.375. The lowest BCUT2D eigenvalue weighted by molar-refractivity contribution is 0.218. The minimum Gasteiger partial charge on any atom is -0.323 e. The molecule has 2 aromatic rings. The summed E-state index contributed by atoms with van der Waals surface area (Å²) >= 11 is 1.55. The van der Waals surface area contributed by atoms with Gasteiger partial charge in [0.05, 0.1) is 5.69 Å². The number of hydrogen-bond donors (Lipinski definition) is 0. The molecule has 2 heterocycles. The van der Waals surface area contributed by atoms with E-state index in [0.29, 0.717) is 0 Å². The molecule has 0 atom stereocenters. The van der Waals surface area contributed by atoms with Crippen LogP contribution < -0.4 is 4.80 Å². The Labute approximate surface area is 128 Å². The number of carbonyl (C=O) groups excluding carboxylic acids is 1. The maximum absolute atomic E-state index is 12.2. The smallest absolute Gasteiger partial charge is 0.323 e. The van der Waals surface area contributed by atoms with Crippen molar-refractivity contribution in [2.24, 2.45) is 4.99 Å². The average Bonchev–Trinajstić information content (AvgIpc) is 3.09. The SMILES string of the molecule is Cc1cn(-c2ccccc2C)/c(=N/C(=O)N2CCCC2)s1. The molecule has 0 unspecified atom stereocenters. The Hall–Kier alpha value is -1.88. The van der Waals surface area contributed by atoms with Crippen molar-refractivity contribution in [3.8, 4) is 5.69 Å². The molecule has 0 saturated carbocycles. The molecule has 0 aliphatic carbocycles. The van der Waals surface area contributed by atoms with Crippen molar-refractivity contribution in [3.63, 3.8) is 0 Å². The summed E-state index contributed by atoms with van der Waals surface area (Å²) in [6.45, 7) is 5.77. The molecule has 0 bridgehead atoms. The molecule has 5 heteroatoms. The van der Waals surface area contributed by atoms with E-state index in [-0.39, 0.29) is 6.03 Å². The highest BCUT2D eigenvalue weighted by molar-refractivity contribution is 7.09. The number of likely N-dealkylation sites (tertiary alicyclic amines) is 1. The molecule has 3 rings (SSSR count). The number of hydrogen-bond acceptors (Lipinski definition) is 2. The fourth-order valence-electron chi connectivity index (χ4n) is 2.60. The van der Waals surface area contributed by atoms with Crippen LogP contribution in [-0.4, -0.2) is 28.6 Å². The molecule has 2 amide bonds. The summed E-state index contributed by atoms with van der Waals surface area (Å²) in [5.74, 6) is 0. The molecule has 1 aliphatic rings. The Balaban J connectivity index is 2.04. The van der Waals surface area contributed by atoms with Crippen molar-refractivity contribution in [1.82, 2.24) is 9.47 Å². The van der Waals surface area contributed by atoms with Crippen molar-refractivity contribution < 1.29 is 4.79 Å². The Morgan fingerprint density at radius 2 is 1.90 bits per heavy atom. The van der Waals surface area contributed by atoms with Crippen molar-refractivity contribution in [1.29, 1.82) is 0 Å². The molecular formula is C16H19N3OS. The van der Waals surface area contributed by atoms with Gasteiger partial charge in [0.2, 0.25) is 0 Å². The van der Waals surface area contributed by atoms with E-state index in [0.717, 1.165) is 41.3 Å². The molecule has 110 valence electrons. The van der Waals surface area contributed by atoms with Gasteiger partial charge in [-0.05, 0) is 38.3 Å². The second-order valence-corrected chi connectivity index (χ2v) is 6.58. The lowest BCUT2D eigenvalue weighted by Gasteiger charge is -2.11. The van der Waals surface area contributed by atoms with Gasteiger partial charge in [-0.3, -0.25) is 4.57 Å². The minimum absolute atomic E-state index is 0.114. The summed E-state index contributed by atoms with van der Waals surface area (Å²) < 4.78 is 2.02. The van der Waals surface area contributed by atoms with E-state index < -0.39 is 0 Å². The third-order valence-electron chi connectivity index (χ3n) is 3.71. The highest BCUT2D eigenvalue weighted by Crippen LogP contribution is 2.15. The number of nitrogens with zero attached hydrogens (tertiary/aromatic N) is 3. The summed E-state index contributed by atoms with van der Waals surface area (Å²) in [6.07, 6.45) is 4.22. The van der Waals surface area contributed by atoms with Gasteiger partial charge in [-0.15, -0.1) is 11.3 Å². The normalized spacial score (nSPS) is 15.7. The van der Waals surface area contributed by atoms with Crippen LogP contribution in [0.3, 0.4) is 0 Å². The first kappa shape index (κ1) is 14.1. The standard InChI is InChI=1S/C16H19N3OS/c1-12-7-3-4-8-14(12)19-11-13(2)21-16(19)17-15(20)18-9-5-6-10-18/h3-4,7-8,11H,5-6,9-10H2,1-2H3/b17-16-. The van der Waals surface area contributed by atoms with Crippen LogP contribution in [0, 0.1) is 13.8 Å². The molecule has 0 N–H and O–H groups in total.